The van der Waals surface area contributed by atoms with Crippen molar-refractivity contribution in [3.63, 3.8) is 0 Å². The van der Waals surface area contributed by atoms with E-state index in [-0.39, 0.29) is 0 Å². The molecule has 1 aromatic rings. The van der Waals surface area contributed by atoms with Crippen molar-refractivity contribution in [1.82, 2.24) is 5.32 Å². The molecule has 18 heavy (non-hydrogen) atoms. The van der Waals surface area contributed by atoms with E-state index in [0.29, 0.717) is 0 Å². The lowest BCUT2D eigenvalue weighted by atomic mass is 10.2. The van der Waals surface area contributed by atoms with Crippen molar-refractivity contribution in [2.45, 2.75) is 39.7 Å². The molecule has 0 saturated heterocycles. The van der Waals surface area contributed by atoms with Gasteiger partial charge >= 0.3 is 0 Å². The van der Waals surface area contributed by atoms with Gasteiger partial charge in [0.2, 0.25) is 0 Å². The van der Waals surface area contributed by atoms with Crippen LogP contribution in [0, 0.1) is 0 Å². The molecule has 102 valence electrons. The molecule has 0 fully saturated rings. The molecule has 0 spiro atoms. The van der Waals surface area contributed by atoms with Crippen LogP contribution in [-0.4, -0.2) is 20.3 Å². The lowest BCUT2D eigenvalue weighted by molar-refractivity contribution is 0.286. The van der Waals surface area contributed by atoms with E-state index >= 15 is 0 Å². The molecular weight excluding hydrogens is 226 g/mol. The minimum Gasteiger partial charge on any atom is -0.493 e. The van der Waals surface area contributed by atoms with Crippen LogP contribution < -0.4 is 14.8 Å². The smallest absolute Gasteiger partial charge is 0.161 e. The lowest BCUT2D eigenvalue weighted by Gasteiger charge is -2.12. The van der Waals surface area contributed by atoms with Crippen LogP contribution in [0.2, 0.25) is 0 Å². The largest absolute Gasteiger partial charge is 0.493 e. The fraction of sp³-hybridized carbons (Fsp3) is 0.600. The molecule has 3 heteroatoms. The molecule has 0 aromatic heterocycles. The summed E-state index contributed by atoms with van der Waals surface area (Å²) in [5.74, 6) is 1.66. The Hall–Kier alpha value is -1.22. The van der Waals surface area contributed by atoms with Crippen LogP contribution in [0.5, 0.6) is 11.5 Å². The minimum absolute atomic E-state index is 0.761. The fourth-order valence-electron chi connectivity index (χ4n) is 1.74. The summed E-state index contributed by atoms with van der Waals surface area (Å²) in [4.78, 5) is 0. The van der Waals surface area contributed by atoms with Gasteiger partial charge in [-0.05, 0) is 30.7 Å². The van der Waals surface area contributed by atoms with Gasteiger partial charge in [0, 0.05) is 6.54 Å². The Morgan fingerprint density at radius 3 is 2.61 bits per heavy atom. The van der Waals surface area contributed by atoms with Crippen LogP contribution >= 0.6 is 0 Å². The molecule has 0 bridgehead atoms. The Morgan fingerprint density at radius 1 is 1.11 bits per heavy atom. The van der Waals surface area contributed by atoms with Gasteiger partial charge in [-0.3, -0.25) is 0 Å². The molecule has 0 aliphatic rings. The SMILES string of the molecule is CCCCCOc1ccc(CNCC)cc1OC. The molecule has 1 N–H and O–H groups in total. The highest BCUT2D eigenvalue weighted by Crippen LogP contribution is 2.28. The Kier molecular flexibility index (Phi) is 7.26. The highest BCUT2D eigenvalue weighted by molar-refractivity contribution is 5.42. The molecule has 0 heterocycles. The van der Waals surface area contributed by atoms with Gasteiger partial charge in [0.15, 0.2) is 11.5 Å². The van der Waals surface area contributed by atoms with Crippen LogP contribution in [0.25, 0.3) is 0 Å². The second-order valence-corrected chi connectivity index (χ2v) is 4.32. The van der Waals surface area contributed by atoms with E-state index < -0.39 is 0 Å². The predicted octanol–water partition coefficient (Wildman–Crippen LogP) is 3.37. The van der Waals surface area contributed by atoms with E-state index in [2.05, 4.69) is 25.2 Å². The third kappa shape index (κ3) is 4.96. The average molecular weight is 251 g/mol. The van der Waals surface area contributed by atoms with Gasteiger partial charge in [0.05, 0.1) is 13.7 Å². The maximum Gasteiger partial charge on any atom is 0.161 e. The van der Waals surface area contributed by atoms with Gasteiger partial charge in [-0.1, -0.05) is 32.8 Å². The standard InChI is InChI=1S/C15H25NO2/c1-4-6-7-10-18-14-9-8-13(12-16-5-2)11-15(14)17-3/h8-9,11,16H,4-7,10,12H2,1-3H3. The first-order chi connectivity index (χ1) is 8.81. The average Bonchev–Trinajstić information content (AvgIpc) is 2.42. The summed E-state index contributed by atoms with van der Waals surface area (Å²) in [5.41, 5.74) is 1.22. The molecule has 0 aliphatic carbocycles. The summed E-state index contributed by atoms with van der Waals surface area (Å²) in [6, 6.07) is 6.12. The number of hydrogen-bond acceptors (Lipinski definition) is 3. The van der Waals surface area contributed by atoms with Crippen molar-refractivity contribution in [3.8, 4) is 11.5 Å². The van der Waals surface area contributed by atoms with Crippen LogP contribution in [-0.2, 0) is 6.54 Å². The second kappa shape index (κ2) is 8.81. The first kappa shape index (κ1) is 14.8. The quantitative estimate of drug-likeness (QED) is 0.683. The lowest BCUT2D eigenvalue weighted by Crippen LogP contribution is -2.11. The Labute approximate surface area is 110 Å². The second-order valence-electron chi connectivity index (χ2n) is 4.32. The van der Waals surface area contributed by atoms with Gasteiger partial charge in [0.1, 0.15) is 0 Å². The highest BCUT2D eigenvalue weighted by Gasteiger charge is 2.05. The van der Waals surface area contributed by atoms with Gasteiger partial charge in [0.25, 0.3) is 0 Å². The van der Waals surface area contributed by atoms with E-state index in [1.807, 2.05) is 12.1 Å². The zero-order valence-corrected chi connectivity index (χ0v) is 11.8. The maximum absolute atomic E-state index is 5.74. The van der Waals surface area contributed by atoms with Crippen LogP contribution in [0.15, 0.2) is 18.2 Å². The number of hydrogen-bond donors (Lipinski definition) is 1. The zero-order chi connectivity index (χ0) is 13.2. The van der Waals surface area contributed by atoms with Gasteiger partial charge < -0.3 is 14.8 Å². The Balaban J connectivity index is 2.56. The normalized spacial score (nSPS) is 10.4. The first-order valence-corrected chi connectivity index (χ1v) is 6.82. The van der Waals surface area contributed by atoms with E-state index in [1.54, 1.807) is 7.11 Å². The molecule has 0 saturated carbocycles. The number of benzene rings is 1. The third-order valence-electron chi connectivity index (χ3n) is 2.81. The summed E-state index contributed by atoms with van der Waals surface area (Å²) in [5, 5.41) is 3.30. The van der Waals surface area contributed by atoms with Crippen molar-refractivity contribution >= 4 is 0 Å². The molecule has 1 rings (SSSR count). The number of rotatable bonds is 9. The Bertz CT molecular complexity index is 339. The van der Waals surface area contributed by atoms with E-state index in [0.717, 1.165) is 37.6 Å². The molecule has 0 aliphatic heterocycles. The van der Waals surface area contributed by atoms with Crippen molar-refractivity contribution in [3.05, 3.63) is 23.8 Å². The molecule has 1 aromatic carbocycles. The summed E-state index contributed by atoms with van der Waals surface area (Å²) in [6.07, 6.45) is 3.52. The molecular formula is C15H25NO2. The van der Waals surface area contributed by atoms with Gasteiger partial charge in [-0.2, -0.15) is 0 Å². The number of unbranched alkanes of at least 4 members (excludes halogenated alkanes) is 2. The Morgan fingerprint density at radius 2 is 1.94 bits per heavy atom. The van der Waals surface area contributed by atoms with Crippen molar-refractivity contribution in [1.29, 1.82) is 0 Å². The van der Waals surface area contributed by atoms with Crippen molar-refractivity contribution < 1.29 is 9.47 Å². The molecule has 0 amide bonds. The molecule has 0 radical (unpaired) electrons. The number of nitrogens with one attached hydrogen (secondary N) is 1. The van der Waals surface area contributed by atoms with E-state index in [1.165, 1.54) is 18.4 Å². The fourth-order valence-corrected chi connectivity index (χ4v) is 1.74. The molecule has 0 unspecified atom stereocenters. The molecule has 3 nitrogen and oxygen atoms in total. The summed E-state index contributed by atoms with van der Waals surface area (Å²) < 4.78 is 11.1. The summed E-state index contributed by atoms with van der Waals surface area (Å²) in [7, 11) is 1.69. The number of methoxy groups -OCH3 is 1. The number of ether oxygens (including phenoxy) is 2. The van der Waals surface area contributed by atoms with Crippen LogP contribution in [0.3, 0.4) is 0 Å². The van der Waals surface area contributed by atoms with Gasteiger partial charge in [-0.15, -0.1) is 0 Å². The maximum atomic E-state index is 5.74. The summed E-state index contributed by atoms with van der Waals surface area (Å²) in [6.45, 7) is 6.88. The van der Waals surface area contributed by atoms with E-state index in [9.17, 15) is 0 Å². The highest BCUT2D eigenvalue weighted by atomic mass is 16.5. The first-order valence-electron chi connectivity index (χ1n) is 6.82. The summed E-state index contributed by atoms with van der Waals surface area (Å²) >= 11 is 0. The zero-order valence-electron chi connectivity index (χ0n) is 11.8. The molecule has 0 atom stereocenters. The predicted molar refractivity (Wildman–Crippen MR) is 75.4 cm³/mol. The monoisotopic (exact) mass is 251 g/mol. The van der Waals surface area contributed by atoms with Crippen molar-refractivity contribution in [2.75, 3.05) is 20.3 Å². The topological polar surface area (TPSA) is 30.5 Å². The van der Waals surface area contributed by atoms with Crippen LogP contribution in [0.4, 0.5) is 0 Å². The van der Waals surface area contributed by atoms with Gasteiger partial charge in [-0.25, -0.2) is 0 Å². The minimum atomic E-state index is 0.761. The van der Waals surface area contributed by atoms with Crippen LogP contribution in [0.1, 0.15) is 38.7 Å². The van der Waals surface area contributed by atoms with Crippen molar-refractivity contribution in [2.24, 2.45) is 0 Å². The third-order valence-corrected chi connectivity index (χ3v) is 2.81. The van der Waals surface area contributed by atoms with E-state index in [4.69, 9.17) is 9.47 Å².